The second-order valence-electron chi connectivity index (χ2n) is 8.37. The monoisotopic (exact) mass is 483 g/mol. The first-order valence-corrected chi connectivity index (χ1v) is 13.3. The Bertz CT molecular complexity index is 669. The van der Waals surface area contributed by atoms with Crippen LogP contribution in [0.2, 0.25) is 0 Å². The van der Waals surface area contributed by atoms with E-state index in [0.29, 0.717) is 6.42 Å². The molecule has 1 saturated heterocycles. The van der Waals surface area contributed by atoms with E-state index in [1.807, 2.05) is 0 Å². The number of amides is 2. The molecule has 0 aromatic rings. The maximum absolute atomic E-state index is 11.8. The normalized spacial score (nSPS) is 16.3. The predicted octanol–water partition coefficient (Wildman–Crippen LogP) is 1.38. The second kappa shape index (κ2) is 17.9. The van der Waals surface area contributed by atoms with Crippen LogP contribution in [0, 0.1) is 0 Å². The van der Waals surface area contributed by atoms with Crippen LogP contribution in [0.3, 0.4) is 0 Å². The van der Waals surface area contributed by atoms with Crippen molar-refractivity contribution in [3.05, 3.63) is 0 Å². The molecular formula is C22H38NNaO7S. The Morgan fingerprint density at radius 2 is 1.28 bits per heavy atom. The fourth-order valence-corrected chi connectivity index (χ4v) is 4.38. The Morgan fingerprint density at radius 1 is 0.875 bits per heavy atom. The third-order valence-electron chi connectivity index (χ3n) is 5.59. The molecule has 0 aromatic heterocycles. The number of carbonyl (C=O) groups is 3. The molecule has 1 rings (SSSR count). The van der Waals surface area contributed by atoms with Gasteiger partial charge in [-0.2, -0.15) is 0 Å². The molecule has 0 aliphatic carbocycles. The molecule has 0 saturated carbocycles. The zero-order valence-corrected chi connectivity index (χ0v) is 22.6. The van der Waals surface area contributed by atoms with E-state index in [4.69, 9.17) is 0 Å². The summed E-state index contributed by atoms with van der Waals surface area (Å²) in [6, 6.07) is 0. The minimum Gasteiger partial charge on any atom is -0.747 e. The zero-order chi connectivity index (χ0) is 23.1. The van der Waals surface area contributed by atoms with Crippen molar-refractivity contribution in [1.82, 2.24) is 5.06 Å². The third-order valence-corrected chi connectivity index (χ3v) is 6.65. The van der Waals surface area contributed by atoms with Crippen molar-refractivity contribution in [3.63, 3.8) is 0 Å². The van der Waals surface area contributed by atoms with Crippen LogP contribution in [0.5, 0.6) is 0 Å². The summed E-state index contributed by atoms with van der Waals surface area (Å²) in [5.41, 5.74) is 0. The van der Waals surface area contributed by atoms with Gasteiger partial charge in [0.25, 0.3) is 11.8 Å². The summed E-state index contributed by atoms with van der Waals surface area (Å²) in [7, 11) is -4.95. The van der Waals surface area contributed by atoms with Gasteiger partial charge in [0.05, 0.1) is 6.42 Å². The minimum absolute atomic E-state index is 0. The van der Waals surface area contributed by atoms with E-state index in [1.54, 1.807) is 0 Å². The summed E-state index contributed by atoms with van der Waals surface area (Å²) in [5.74, 6) is -3.05. The second-order valence-corrected chi connectivity index (χ2v) is 9.93. The van der Waals surface area contributed by atoms with Gasteiger partial charge >= 0.3 is 35.5 Å². The van der Waals surface area contributed by atoms with Crippen molar-refractivity contribution in [2.45, 2.75) is 121 Å². The number of rotatable bonds is 18. The molecule has 180 valence electrons. The molecule has 1 atom stereocenters. The van der Waals surface area contributed by atoms with Crippen molar-refractivity contribution < 1.29 is 61.7 Å². The van der Waals surface area contributed by atoms with Crippen LogP contribution in [0.4, 0.5) is 0 Å². The molecule has 10 heteroatoms. The molecule has 0 bridgehead atoms. The average Bonchev–Trinajstić information content (AvgIpc) is 2.99. The summed E-state index contributed by atoms with van der Waals surface area (Å²) < 4.78 is 32.9. The van der Waals surface area contributed by atoms with Gasteiger partial charge in [-0.1, -0.05) is 96.8 Å². The molecule has 8 nitrogen and oxygen atoms in total. The first-order chi connectivity index (χ1) is 14.8. The Hall–Kier alpha value is -0.480. The third kappa shape index (κ3) is 13.3. The quantitative estimate of drug-likeness (QED) is 0.125. The Labute approximate surface area is 215 Å². The van der Waals surface area contributed by atoms with Crippen molar-refractivity contribution in [2.24, 2.45) is 0 Å². The number of hydroxylamine groups is 2. The summed E-state index contributed by atoms with van der Waals surface area (Å²) in [6.07, 6.45) is 17.2. The van der Waals surface area contributed by atoms with Crippen LogP contribution in [-0.4, -0.2) is 41.1 Å². The molecule has 1 unspecified atom stereocenters. The number of imide groups is 1. The fourth-order valence-electron chi connectivity index (χ4n) is 3.69. The van der Waals surface area contributed by atoms with E-state index in [2.05, 4.69) is 11.8 Å². The smallest absolute Gasteiger partial charge is 0.747 e. The van der Waals surface area contributed by atoms with Gasteiger partial charge in [-0.25, -0.2) is 13.2 Å². The summed E-state index contributed by atoms with van der Waals surface area (Å²) in [5, 5.41) is -1.88. The number of hydrogen-bond acceptors (Lipinski definition) is 7. The maximum atomic E-state index is 11.8. The molecular weight excluding hydrogens is 445 g/mol. The van der Waals surface area contributed by atoms with Crippen LogP contribution >= 0.6 is 0 Å². The van der Waals surface area contributed by atoms with Crippen LogP contribution in [0.1, 0.15) is 116 Å². The van der Waals surface area contributed by atoms with E-state index in [1.165, 1.54) is 70.6 Å². The number of hydrogen-bond donors (Lipinski definition) is 0. The summed E-state index contributed by atoms with van der Waals surface area (Å²) in [6.45, 7) is 2.24. The molecule has 2 amide bonds. The van der Waals surface area contributed by atoms with Crippen molar-refractivity contribution in [1.29, 1.82) is 0 Å². The molecule has 1 fully saturated rings. The van der Waals surface area contributed by atoms with Crippen LogP contribution in [0.25, 0.3) is 0 Å². The van der Waals surface area contributed by atoms with Crippen LogP contribution < -0.4 is 29.6 Å². The topological polar surface area (TPSA) is 121 Å². The molecule has 1 heterocycles. The summed E-state index contributed by atoms with van der Waals surface area (Å²) >= 11 is 0. The van der Waals surface area contributed by atoms with Crippen LogP contribution in [-0.2, 0) is 29.3 Å². The van der Waals surface area contributed by atoms with E-state index >= 15 is 0 Å². The minimum atomic E-state index is -4.95. The Balaban J connectivity index is 0.00000961. The number of carbonyl (C=O) groups excluding carboxylic acids is 3. The molecule has 0 N–H and O–H groups in total. The van der Waals surface area contributed by atoms with E-state index in [-0.39, 0.29) is 41.0 Å². The van der Waals surface area contributed by atoms with Gasteiger partial charge in [0, 0.05) is 6.42 Å². The number of unbranched alkanes of at least 4 members (excludes halogenated alkanes) is 14. The van der Waals surface area contributed by atoms with Gasteiger partial charge in [0.1, 0.15) is 15.4 Å². The number of nitrogens with zero attached hydrogens (tertiary/aromatic N) is 1. The molecule has 1 aliphatic heterocycles. The Morgan fingerprint density at radius 3 is 1.66 bits per heavy atom. The van der Waals surface area contributed by atoms with Gasteiger partial charge in [0.15, 0.2) is 0 Å². The Kier molecular flexibility index (Phi) is 17.7. The fraction of sp³-hybridized carbons (Fsp3) is 0.864. The average molecular weight is 484 g/mol. The van der Waals surface area contributed by atoms with E-state index < -0.39 is 39.6 Å². The molecule has 0 radical (unpaired) electrons. The SMILES string of the molecule is CCCCCCCCCCCCCCCCCC(=O)ON1C(=O)CC(S(=O)(=O)[O-])C1=O.[Na+]. The molecule has 0 aromatic carbocycles. The van der Waals surface area contributed by atoms with E-state index in [0.717, 1.165) is 19.3 Å². The summed E-state index contributed by atoms with van der Waals surface area (Å²) in [4.78, 5) is 39.8. The largest absolute Gasteiger partial charge is 1.00 e. The van der Waals surface area contributed by atoms with Gasteiger partial charge in [-0.3, -0.25) is 9.59 Å². The molecule has 1 aliphatic rings. The van der Waals surface area contributed by atoms with Gasteiger partial charge in [0.2, 0.25) is 0 Å². The van der Waals surface area contributed by atoms with Crippen molar-refractivity contribution in [2.75, 3.05) is 0 Å². The molecule has 32 heavy (non-hydrogen) atoms. The first-order valence-electron chi connectivity index (χ1n) is 11.8. The standard InChI is InChI=1S/C22H39NO7S.Na/c1-2-3-4-5-6-7-8-9-10-11-12-13-14-15-16-17-21(25)30-23-20(24)18-19(22(23)26)31(27,28)29;/h19H,2-18H2,1H3,(H,27,28,29);/q;+1/p-1. The van der Waals surface area contributed by atoms with Crippen LogP contribution in [0.15, 0.2) is 0 Å². The predicted molar refractivity (Wildman–Crippen MR) is 116 cm³/mol. The molecule has 0 spiro atoms. The van der Waals surface area contributed by atoms with Crippen molar-refractivity contribution in [3.8, 4) is 0 Å². The van der Waals surface area contributed by atoms with Crippen molar-refractivity contribution >= 4 is 27.9 Å². The van der Waals surface area contributed by atoms with E-state index in [9.17, 15) is 27.4 Å². The zero-order valence-electron chi connectivity index (χ0n) is 19.8. The van der Waals surface area contributed by atoms with Gasteiger partial charge in [-0.05, 0) is 6.42 Å². The van der Waals surface area contributed by atoms with Gasteiger partial charge in [-0.15, -0.1) is 5.06 Å². The maximum Gasteiger partial charge on any atom is 1.00 e. The first kappa shape index (κ1) is 31.5. The van der Waals surface area contributed by atoms with Gasteiger partial charge < -0.3 is 9.39 Å².